The fourth-order valence-electron chi connectivity index (χ4n) is 1.19. The number of furan rings is 1. The summed E-state index contributed by atoms with van der Waals surface area (Å²) in [5, 5.41) is 0. The van der Waals surface area contributed by atoms with Gasteiger partial charge in [0.1, 0.15) is 5.56 Å². The number of alkyl halides is 4. The van der Waals surface area contributed by atoms with E-state index in [9.17, 15) is 18.0 Å². The average Bonchev–Trinajstić information content (AvgIpc) is 2.59. The minimum atomic E-state index is -4.72. The van der Waals surface area contributed by atoms with E-state index in [-0.39, 0.29) is 5.56 Å². The second-order valence-corrected chi connectivity index (χ2v) is 4.37. The summed E-state index contributed by atoms with van der Waals surface area (Å²) in [6.45, 7) is 1.58. The van der Waals surface area contributed by atoms with Gasteiger partial charge in [-0.1, -0.05) is 15.9 Å². The molecule has 0 radical (unpaired) electrons. The molecule has 0 aromatic carbocycles. The fourth-order valence-corrected chi connectivity index (χ4v) is 1.52. The SMILES string of the molecule is COC(=O)c1c(C(C)Br)coc1C(F)(F)F. The van der Waals surface area contributed by atoms with Crippen LogP contribution in [0.5, 0.6) is 0 Å². The molecular weight excluding hydrogens is 293 g/mol. The van der Waals surface area contributed by atoms with Crippen molar-refractivity contribution in [2.24, 2.45) is 0 Å². The zero-order valence-electron chi connectivity index (χ0n) is 8.39. The Hall–Kier alpha value is -0.980. The van der Waals surface area contributed by atoms with Crippen molar-refractivity contribution in [1.82, 2.24) is 0 Å². The summed E-state index contributed by atoms with van der Waals surface area (Å²) < 4.78 is 46.2. The molecule has 16 heavy (non-hydrogen) atoms. The summed E-state index contributed by atoms with van der Waals surface area (Å²) in [4.78, 5) is 10.8. The van der Waals surface area contributed by atoms with Gasteiger partial charge in [0.25, 0.3) is 0 Å². The Bertz CT molecular complexity index is 395. The third-order valence-electron chi connectivity index (χ3n) is 1.90. The van der Waals surface area contributed by atoms with Crippen LogP contribution in [0.25, 0.3) is 0 Å². The van der Waals surface area contributed by atoms with E-state index in [1.807, 2.05) is 0 Å². The second kappa shape index (κ2) is 4.48. The minimum absolute atomic E-state index is 0.110. The van der Waals surface area contributed by atoms with E-state index < -0.39 is 28.3 Å². The van der Waals surface area contributed by atoms with Crippen molar-refractivity contribution >= 4 is 21.9 Å². The predicted octanol–water partition coefficient (Wildman–Crippen LogP) is 3.54. The van der Waals surface area contributed by atoms with Crippen molar-refractivity contribution in [3.63, 3.8) is 0 Å². The molecule has 0 aliphatic heterocycles. The third kappa shape index (κ3) is 2.40. The van der Waals surface area contributed by atoms with Gasteiger partial charge in [-0.15, -0.1) is 0 Å². The maximum absolute atomic E-state index is 12.5. The average molecular weight is 301 g/mol. The molecule has 0 amide bonds. The van der Waals surface area contributed by atoms with Crippen LogP contribution in [0.4, 0.5) is 13.2 Å². The molecule has 0 spiro atoms. The van der Waals surface area contributed by atoms with Gasteiger partial charge in [0.05, 0.1) is 13.4 Å². The maximum atomic E-state index is 12.5. The summed E-state index contributed by atoms with van der Waals surface area (Å²) in [5.41, 5.74) is -0.474. The lowest BCUT2D eigenvalue weighted by molar-refractivity contribution is -0.153. The van der Waals surface area contributed by atoms with Crippen molar-refractivity contribution in [2.75, 3.05) is 7.11 Å². The van der Waals surface area contributed by atoms with E-state index >= 15 is 0 Å². The summed E-state index contributed by atoms with van der Waals surface area (Å²) in [6.07, 6.45) is -3.82. The van der Waals surface area contributed by atoms with Gasteiger partial charge < -0.3 is 9.15 Å². The smallest absolute Gasteiger partial charge is 0.450 e. The monoisotopic (exact) mass is 300 g/mol. The zero-order valence-corrected chi connectivity index (χ0v) is 9.98. The molecule has 7 heteroatoms. The van der Waals surface area contributed by atoms with E-state index in [4.69, 9.17) is 0 Å². The summed E-state index contributed by atoms with van der Waals surface area (Å²) in [6, 6.07) is 0. The number of carbonyl (C=O) groups excluding carboxylic acids is 1. The fraction of sp³-hybridized carbons (Fsp3) is 0.444. The van der Waals surface area contributed by atoms with Crippen molar-refractivity contribution in [3.8, 4) is 0 Å². The Labute approximate surface area is 97.7 Å². The molecule has 0 saturated carbocycles. The molecule has 1 atom stereocenters. The van der Waals surface area contributed by atoms with Gasteiger partial charge in [0.15, 0.2) is 0 Å². The van der Waals surface area contributed by atoms with Crippen LogP contribution in [0.2, 0.25) is 0 Å². The van der Waals surface area contributed by atoms with Crippen molar-refractivity contribution < 1.29 is 27.1 Å². The highest BCUT2D eigenvalue weighted by molar-refractivity contribution is 9.09. The van der Waals surface area contributed by atoms with Crippen LogP contribution in [0, 0.1) is 0 Å². The Morgan fingerprint density at radius 1 is 1.56 bits per heavy atom. The normalized spacial score (nSPS) is 13.6. The van der Waals surface area contributed by atoms with Crippen molar-refractivity contribution in [3.05, 3.63) is 23.2 Å². The van der Waals surface area contributed by atoms with Crippen LogP contribution in [0.15, 0.2) is 10.7 Å². The number of esters is 1. The zero-order chi connectivity index (χ0) is 12.5. The van der Waals surface area contributed by atoms with Crippen molar-refractivity contribution in [1.29, 1.82) is 0 Å². The first kappa shape index (κ1) is 13.1. The maximum Gasteiger partial charge on any atom is 0.450 e. The molecule has 1 heterocycles. The Balaban J connectivity index is 3.37. The largest absolute Gasteiger partial charge is 0.465 e. The molecule has 0 bridgehead atoms. The highest BCUT2D eigenvalue weighted by Gasteiger charge is 2.42. The number of halogens is 4. The van der Waals surface area contributed by atoms with Crippen LogP contribution < -0.4 is 0 Å². The Morgan fingerprint density at radius 2 is 2.12 bits per heavy atom. The lowest BCUT2D eigenvalue weighted by atomic mass is 10.1. The van der Waals surface area contributed by atoms with E-state index in [1.54, 1.807) is 6.92 Å². The first-order valence-electron chi connectivity index (χ1n) is 4.20. The van der Waals surface area contributed by atoms with Crippen LogP contribution >= 0.6 is 15.9 Å². The highest BCUT2D eigenvalue weighted by atomic mass is 79.9. The number of methoxy groups -OCH3 is 1. The van der Waals surface area contributed by atoms with Gasteiger partial charge in [0, 0.05) is 10.4 Å². The van der Waals surface area contributed by atoms with Gasteiger partial charge in [0.2, 0.25) is 5.76 Å². The second-order valence-electron chi connectivity index (χ2n) is 3.00. The molecule has 0 fully saturated rings. The molecule has 3 nitrogen and oxygen atoms in total. The van der Waals surface area contributed by atoms with Gasteiger partial charge in [-0.05, 0) is 6.92 Å². The summed E-state index contributed by atoms with van der Waals surface area (Å²) in [5.74, 6) is -2.40. The first-order valence-corrected chi connectivity index (χ1v) is 5.11. The molecule has 1 rings (SSSR count). The molecule has 0 N–H and O–H groups in total. The predicted molar refractivity (Wildman–Crippen MR) is 52.4 cm³/mol. The standard InChI is InChI=1S/C9H8BrF3O3/c1-4(10)5-3-16-7(9(11,12)13)6(5)8(14)15-2/h3-4H,1-2H3. The summed E-state index contributed by atoms with van der Waals surface area (Å²) >= 11 is 3.08. The Kier molecular flexibility index (Phi) is 3.67. The van der Waals surface area contributed by atoms with E-state index in [0.717, 1.165) is 13.4 Å². The molecule has 0 saturated heterocycles. The molecule has 0 aliphatic carbocycles. The van der Waals surface area contributed by atoms with Crippen LogP contribution in [0.3, 0.4) is 0 Å². The highest BCUT2D eigenvalue weighted by Crippen LogP contribution is 2.38. The molecule has 1 unspecified atom stereocenters. The first-order chi connectivity index (χ1) is 7.29. The molecule has 1 aromatic rings. The van der Waals surface area contributed by atoms with Crippen LogP contribution in [-0.2, 0) is 10.9 Å². The number of hydrogen-bond donors (Lipinski definition) is 0. The molecule has 90 valence electrons. The summed E-state index contributed by atoms with van der Waals surface area (Å²) in [7, 11) is 1.01. The van der Waals surface area contributed by atoms with E-state index in [1.165, 1.54) is 0 Å². The number of ether oxygens (including phenoxy) is 1. The van der Waals surface area contributed by atoms with E-state index in [0.29, 0.717) is 0 Å². The third-order valence-corrected chi connectivity index (χ3v) is 2.39. The van der Waals surface area contributed by atoms with Crippen molar-refractivity contribution in [2.45, 2.75) is 17.9 Å². The molecule has 1 aromatic heterocycles. The van der Waals surface area contributed by atoms with Gasteiger partial charge in [-0.3, -0.25) is 0 Å². The minimum Gasteiger partial charge on any atom is -0.465 e. The number of hydrogen-bond acceptors (Lipinski definition) is 3. The van der Waals surface area contributed by atoms with Gasteiger partial charge in [-0.2, -0.15) is 13.2 Å². The topological polar surface area (TPSA) is 39.4 Å². The van der Waals surface area contributed by atoms with Gasteiger partial charge >= 0.3 is 12.1 Å². The number of carbonyl (C=O) groups is 1. The van der Waals surface area contributed by atoms with Crippen LogP contribution in [-0.4, -0.2) is 13.1 Å². The Morgan fingerprint density at radius 3 is 2.50 bits per heavy atom. The van der Waals surface area contributed by atoms with Gasteiger partial charge in [-0.25, -0.2) is 4.79 Å². The number of rotatable bonds is 2. The quantitative estimate of drug-likeness (QED) is 0.619. The van der Waals surface area contributed by atoms with Crippen LogP contribution in [0.1, 0.15) is 33.4 Å². The lowest BCUT2D eigenvalue weighted by Crippen LogP contribution is -2.13. The molecule has 0 aliphatic rings. The van der Waals surface area contributed by atoms with E-state index in [2.05, 4.69) is 25.1 Å². The molecular formula is C9H8BrF3O3. The lowest BCUT2D eigenvalue weighted by Gasteiger charge is -2.07.